The molecule has 0 spiro atoms. The first-order chi connectivity index (χ1) is 8.36. The van der Waals surface area contributed by atoms with Gasteiger partial charge in [-0.15, -0.1) is 0 Å². The van der Waals surface area contributed by atoms with E-state index in [-0.39, 0.29) is 11.8 Å². The van der Waals surface area contributed by atoms with Gasteiger partial charge in [-0.3, -0.25) is 4.79 Å². The highest BCUT2D eigenvalue weighted by molar-refractivity contribution is 5.78. The molecule has 1 amide bonds. The molecule has 98 valence electrons. The number of piperidine rings is 1. The van der Waals surface area contributed by atoms with Crippen molar-refractivity contribution in [2.45, 2.75) is 44.6 Å². The number of hydrogen-bond acceptors (Lipinski definition) is 3. The van der Waals surface area contributed by atoms with Crippen molar-refractivity contribution in [3.63, 3.8) is 0 Å². The standard InChI is InChI=1S/C13H24N2O2/c16-13(11-4-3-9-17-10-11)15-8-6-12-5-1-2-7-14-12/h11-12,14H,1-10H2,(H,15,16). The van der Waals surface area contributed by atoms with Crippen LogP contribution >= 0.6 is 0 Å². The van der Waals surface area contributed by atoms with Crippen molar-refractivity contribution in [3.8, 4) is 0 Å². The average molecular weight is 240 g/mol. The van der Waals surface area contributed by atoms with Gasteiger partial charge in [0.05, 0.1) is 12.5 Å². The van der Waals surface area contributed by atoms with Gasteiger partial charge in [-0.1, -0.05) is 6.42 Å². The highest BCUT2D eigenvalue weighted by Gasteiger charge is 2.21. The fourth-order valence-corrected chi connectivity index (χ4v) is 2.63. The molecule has 0 aromatic rings. The number of hydrogen-bond donors (Lipinski definition) is 2. The van der Waals surface area contributed by atoms with Crippen molar-refractivity contribution >= 4 is 5.91 Å². The largest absolute Gasteiger partial charge is 0.381 e. The Morgan fingerprint density at radius 1 is 1.29 bits per heavy atom. The van der Waals surface area contributed by atoms with Gasteiger partial charge in [0.2, 0.25) is 5.91 Å². The van der Waals surface area contributed by atoms with Crippen LogP contribution in [0, 0.1) is 5.92 Å². The highest BCUT2D eigenvalue weighted by atomic mass is 16.5. The summed E-state index contributed by atoms with van der Waals surface area (Å²) in [7, 11) is 0. The quantitative estimate of drug-likeness (QED) is 0.772. The summed E-state index contributed by atoms with van der Waals surface area (Å²) < 4.78 is 5.33. The summed E-state index contributed by atoms with van der Waals surface area (Å²) in [4.78, 5) is 11.8. The zero-order valence-corrected chi connectivity index (χ0v) is 10.5. The van der Waals surface area contributed by atoms with Crippen LogP contribution in [0.5, 0.6) is 0 Å². The summed E-state index contributed by atoms with van der Waals surface area (Å²) in [5, 5.41) is 6.54. The van der Waals surface area contributed by atoms with Gasteiger partial charge in [-0.05, 0) is 38.6 Å². The number of nitrogens with one attached hydrogen (secondary N) is 2. The van der Waals surface area contributed by atoms with E-state index in [0.29, 0.717) is 12.6 Å². The van der Waals surface area contributed by atoms with Crippen LogP contribution in [0.2, 0.25) is 0 Å². The molecule has 0 bridgehead atoms. The maximum atomic E-state index is 11.8. The van der Waals surface area contributed by atoms with E-state index in [0.717, 1.165) is 39.0 Å². The molecule has 2 rings (SSSR count). The van der Waals surface area contributed by atoms with Crippen LogP contribution in [0.3, 0.4) is 0 Å². The molecule has 2 saturated heterocycles. The van der Waals surface area contributed by atoms with Crippen LogP contribution in [-0.2, 0) is 9.53 Å². The minimum Gasteiger partial charge on any atom is -0.381 e. The maximum absolute atomic E-state index is 11.8. The third-order valence-corrected chi connectivity index (χ3v) is 3.74. The summed E-state index contributed by atoms with van der Waals surface area (Å²) in [5.41, 5.74) is 0. The van der Waals surface area contributed by atoms with Crippen LogP contribution in [-0.4, -0.2) is 38.3 Å². The molecular weight excluding hydrogens is 216 g/mol. The van der Waals surface area contributed by atoms with Crippen LogP contribution in [0.1, 0.15) is 38.5 Å². The van der Waals surface area contributed by atoms with E-state index in [4.69, 9.17) is 4.74 Å². The second kappa shape index (κ2) is 6.97. The number of carbonyl (C=O) groups excluding carboxylic acids is 1. The number of rotatable bonds is 4. The van der Waals surface area contributed by atoms with Crippen molar-refractivity contribution in [2.24, 2.45) is 5.92 Å². The molecular formula is C13H24N2O2. The fourth-order valence-electron chi connectivity index (χ4n) is 2.63. The van der Waals surface area contributed by atoms with Gasteiger partial charge in [-0.2, -0.15) is 0 Å². The number of ether oxygens (including phenoxy) is 1. The second-order valence-corrected chi connectivity index (χ2v) is 5.14. The molecule has 2 atom stereocenters. The van der Waals surface area contributed by atoms with E-state index in [1.807, 2.05) is 0 Å². The minimum absolute atomic E-state index is 0.0862. The third-order valence-electron chi connectivity index (χ3n) is 3.74. The topological polar surface area (TPSA) is 50.4 Å². The summed E-state index contributed by atoms with van der Waals surface area (Å²) in [5.74, 6) is 0.267. The summed E-state index contributed by atoms with van der Waals surface area (Å²) >= 11 is 0. The average Bonchev–Trinajstić information content (AvgIpc) is 2.41. The molecule has 4 nitrogen and oxygen atoms in total. The van der Waals surface area contributed by atoms with Gasteiger partial charge in [0.25, 0.3) is 0 Å². The van der Waals surface area contributed by atoms with Gasteiger partial charge >= 0.3 is 0 Å². The Morgan fingerprint density at radius 2 is 2.24 bits per heavy atom. The summed E-state index contributed by atoms with van der Waals surface area (Å²) in [6.45, 7) is 3.35. The first kappa shape index (κ1) is 12.8. The second-order valence-electron chi connectivity index (χ2n) is 5.14. The van der Waals surface area contributed by atoms with E-state index in [2.05, 4.69) is 10.6 Å². The molecule has 0 aromatic heterocycles. The molecule has 17 heavy (non-hydrogen) atoms. The molecule has 2 unspecified atom stereocenters. The van der Waals surface area contributed by atoms with Crippen molar-refractivity contribution in [2.75, 3.05) is 26.3 Å². The van der Waals surface area contributed by atoms with E-state index in [9.17, 15) is 4.79 Å². The van der Waals surface area contributed by atoms with Gasteiger partial charge in [-0.25, -0.2) is 0 Å². The van der Waals surface area contributed by atoms with Crippen molar-refractivity contribution in [1.82, 2.24) is 10.6 Å². The van der Waals surface area contributed by atoms with E-state index >= 15 is 0 Å². The molecule has 2 heterocycles. The predicted octanol–water partition coefficient (Wildman–Crippen LogP) is 1.06. The Kier molecular flexibility index (Phi) is 5.26. The van der Waals surface area contributed by atoms with Gasteiger partial charge in [0, 0.05) is 19.2 Å². The normalized spacial score (nSPS) is 29.9. The molecule has 2 N–H and O–H groups in total. The summed E-state index contributed by atoms with van der Waals surface area (Å²) in [6, 6.07) is 0.603. The SMILES string of the molecule is O=C(NCCC1CCCCN1)C1CCCOC1. The maximum Gasteiger partial charge on any atom is 0.225 e. The Labute approximate surface area is 103 Å². The third kappa shape index (κ3) is 4.28. The number of amides is 1. The molecule has 0 radical (unpaired) electrons. The van der Waals surface area contributed by atoms with Crippen LogP contribution < -0.4 is 10.6 Å². The van der Waals surface area contributed by atoms with Crippen LogP contribution in [0.4, 0.5) is 0 Å². The lowest BCUT2D eigenvalue weighted by atomic mass is 10.0. The van der Waals surface area contributed by atoms with E-state index in [1.54, 1.807) is 0 Å². The zero-order chi connectivity index (χ0) is 11.9. The smallest absolute Gasteiger partial charge is 0.225 e. The van der Waals surface area contributed by atoms with Gasteiger partial charge in [0.15, 0.2) is 0 Å². The Hall–Kier alpha value is -0.610. The first-order valence-corrected chi connectivity index (χ1v) is 6.95. The lowest BCUT2D eigenvalue weighted by Crippen LogP contribution is -2.40. The van der Waals surface area contributed by atoms with Gasteiger partial charge < -0.3 is 15.4 Å². The molecule has 4 heteroatoms. The molecule has 0 aromatic carbocycles. The Morgan fingerprint density at radius 3 is 2.94 bits per heavy atom. The van der Waals surface area contributed by atoms with E-state index in [1.165, 1.54) is 19.3 Å². The highest BCUT2D eigenvalue weighted by Crippen LogP contribution is 2.13. The molecule has 0 saturated carbocycles. The number of carbonyl (C=O) groups is 1. The molecule has 2 aliphatic heterocycles. The van der Waals surface area contributed by atoms with Crippen molar-refractivity contribution in [1.29, 1.82) is 0 Å². The van der Waals surface area contributed by atoms with Crippen LogP contribution in [0.15, 0.2) is 0 Å². The van der Waals surface area contributed by atoms with Crippen molar-refractivity contribution in [3.05, 3.63) is 0 Å². The lowest BCUT2D eigenvalue weighted by Gasteiger charge is -2.24. The minimum atomic E-state index is 0.0862. The Balaban J connectivity index is 1.58. The Bertz CT molecular complexity index is 234. The predicted molar refractivity (Wildman–Crippen MR) is 66.8 cm³/mol. The van der Waals surface area contributed by atoms with Crippen LogP contribution in [0.25, 0.3) is 0 Å². The van der Waals surface area contributed by atoms with Gasteiger partial charge in [0.1, 0.15) is 0 Å². The first-order valence-electron chi connectivity index (χ1n) is 6.95. The van der Waals surface area contributed by atoms with Crippen molar-refractivity contribution < 1.29 is 9.53 Å². The summed E-state index contributed by atoms with van der Waals surface area (Å²) in [6.07, 6.45) is 6.92. The fraction of sp³-hybridized carbons (Fsp3) is 0.923. The lowest BCUT2D eigenvalue weighted by molar-refractivity contribution is -0.128. The monoisotopic (exact) mass is 240 g/mol. The molecule has 2 aliphatic rings. The van der Waals surface area contributed by atoms with E-state index < -0.39 is 0 Å². The molecule has 2 fully saturated rings. The molecule has 0 aliphatic carbocycles. The zero-order valence-electron chi connectivity index (χ0n) is 10.5.